The number of aromatic nitrogens is 3. The summed E-state index contributed by atoms with van der Waals surface area (Å²) in [4.78, 5) is 23.9. The number of carbonyl (C=O) groups is 1. The van der Waals surface area contributed by atoms with E-state index in [4.69, 9.17) is 0 Å². The lowest BCUT2D eigenvalue weighted by atomic mass is 9.90. The fraction of sp³-hybridized carbons (Fsp3) is 0.348. The molecule has 5 heteroatoms. The Morgan fingerprint density at radius 2 is 1.82 bits per heavy atom. The van der Waals surface area contributed by atoms with Gasteiger partial charge in [0.1, 0.15) is 5.82 Å². The zero-order valence-electron chi connectivity index (χ0n) is 16.1. The highest BCUT2D eigenvalue weighted by atomic mass is 16.2. The molecule has 0 bridgehead atoms. The molecule has 3 aromatic rings. The maximum absolute atomic E-state index is 13.1. The molecule has 5 nitrogen and oxygen atoms in total. The van der Waals surface area contributed by atoms with E-state index in [9.17, 15) is 4.79 Å². The minimum absolute atomic E-state index is 0.251. The van der Waals surface area contributed by atoms with Gasteiger partial charge < -0.3 is 9.47 Å². The molecule has 5 rings (SSSR count). The quantitative estimate of drug-likeness (QED) is 0.689. The number of likely N-dealkylation sites (tertiary alicyclic amines) is 1. The standard InChI is InChI=1S/C23H24N4O/c1-17-13-25-21(19-7-11-24-12-8-19)27(17)16-18-14-26(15-18)22(28)23(9-10-23)20-5-3-2-4-6-20/h2-8,11-13,18H,9-10,14-16H2,1H3. The Balaban J connectivity index is 1.27. The lowest BCUT2D eigenvalue weighted by molar-refractivity contribution is -0.140. The molecule has 2 aliphatic rings. The lowest BCUT2D eigenvalue weighted by Gasteiger charge is -2.42. The first kappa shape index (κ1) is 17.2. The SMILES string of the molecule is Cc1cnc(-c2ccncc2)n1CC1CN(C(=O)C2(c3ccccc3)CC2)C1. The zero-order valence-corrected chi connectivity index (χ0v) is 16.1. The highest BCUT2D eigenvalue weighted by molar-refractivity contribution is 5.91. The number of hydrogen-bond acceptors (Lipinski definition) is 3. The molecule has 0 spiro atoms. The van der Waals surface area contributed by atoms with Gasteiger partial charge in [-0.25, -0.2) is 4.98 Å². The van der Waals surface area contributed by atoms with Gasteiger partial charge >= 0.3 is 0 Å². The third-order valence-corrected chi connectivity index (χ3v) is 6.16. The largest absolute Gasteiger partial charge is 0.341 e. The maximum atomic E-state index is 13.1. The Bertz CT molecular complexity index is 986. The van der Waals surface area contributed by atoms with Gasteiger partial charge in [-0.05, 0) is 37.5 Å². The number of pyridine rings is 1. The van der Waals surface area contributed by atoms with Gasteiger partial charge in [0.25, 0.3) is 0 Å². The van der Waals surface area contributed by atoms with Crippen molar-refractivity contribution in [2.75, 3.05) is 13.1 Å². The van der Waals surface area contributed by atoms with Crippen LogP contribution in [-0.2, 0) is 16.8 Å². The van der Waals surface area contributed by atoms with E-state index in [2.05, 4.69) is 33.6 Å². The molecule has 2 aromatic heterocycles. The minimum atomic E-state index is -0.251. The van der Waals surface area contributed by atoms with Crippen molar-refractivity contribution in [3.63, 3.8) is 0 Å². The van der Waals surface area contributed by atoms with E-state index in [0.717, 1.165) is 49.6 Å². The molecular weight excluding hydrogens is 348 g/mol. The van der Waals surface area contributed by atoms with Crippen molar-refractivity contribution in [3.05, 3.63) is 72.3 Å². The second-order valence-electron chi connectivity index (χ2n) is 8.09. The first-order valence-electron chi connectivity index (χ1n) is 9.95. The van der Waals surface area contributed by atoms with Crippen LogP contribution >= 0.6 is 0 Å². The molecule has 28 heavy (non-hydrogen) atoms. The number of nitrogens with zero attached hydrogens (tertiary/aromatic N) is 4. The normalized spacial score (nSPS) is 18.0. The van der Waals surface area contributed by atoms with E-state index in [-0.39, 0.29) is 5.41 Å². The van der Waals surface area contributed by atoms with E-state index in [1.54, 1.807) is 12.4 Å². The predicted molar refractivity (Wildman–Crippen MR) is 108 cm³/mol. The van der Waals surface area contributed by atoms with Gasteiger partial charge in [0.2, 0.25) is 5.91 Å². The van der Waals surface area contributed by atoms with E-state index in [0.29, 0.717) is 11.8 Å². The van der Waals surface area contributed by atoms with Gasteiger partial charge in [-0.2, -0.15) is 0 Å². The van der Waals surface area contributed by atoms with Crippen molar-refractivity contribution in [1.82, 2.24) is 19.4 Å². The summed E-state index contributed by atoms with van der Waals surface area (Å²) < 4.78 is 2.27. The molecule has 0 atom stereocenters. The van der Waals surface area contributed by atoms with Crippen LogP contribution < -0.4 is 0 Å². The van der Waals surface area contributed by atoms with Crippen LogP contribution in [0.25, 0.3) is 11.4 Å². The third-order valence-electron chi connectivity index (χ3n) is 6.16. The summed E-state index contributed by atoms with van der Waals surface area (Å²) in [5, 5.41) is 0. The van der Waals surface area contributed by atoms with Crippen LogP contribution in [0.5, 0.6) is 0 Å². The Morgan fingerprint density at radius 1 is 1.11 bits per heavy atom. The van der Waals surface area contributed by atoms with Crippen LogP contribution in [0.15, 0.2) is 61.1 Å². The van der Waals surface area contributed by atoms with Crippen molar-refractivity contribution < 1.29 is 4.79 Å². The second-order valence-corrected chi connectivity index (χ2v) is 8.09. The smallest absolute Gasteiger partial charge is 0.233 e. The number of imidazole rings is 1. The highest BCUT2D eigenvalue weighted by Crippen LogP contribution is 2.50. The molecule has 1 saturated heterocycles. The van der Waals surface area contributed by atoms with Gasteiger partial charge in [-0.1, -0.05) is 30.3 Å². The molecule has 3 heterocycles. The van der Waals surface area contributed by atoms with E-state index in [1.165, 1.54) is 5.56 Å². The molecular formula is C23H24N4O. The van der Waals surface area contributed by atoms with Crippen LogP contribution in [0, 0.1) is 12.8 Å². The maximum Gasteiger partial charge on any atom is 0.233 e. The van der Waals surface area contributed by atoms with E-state index >= 15 is 0 Å². The van der Waals surface area contributed by atoms with Crippen LogP contribution in [0.4, 0.5) is 0 Å². The summed E-state index contributed by atoms with van der Waals surface area (Å²) in [5.41, 5.74) is 3.16. The van der Waals surface area contributed by atoms with Gasteiger partial charge in [0, 0.05) is 55.4 Å². The summed E-state index contributed by atoms with van der Waals surface area (Å²) in [6.45, 7) is 4.65. The van der Waals surface area contributed by atoms with Gasteiger partial charge in [0.15, 0.2) is 0 Å². The number of aryl methyl sites for hydroxylation is 1. The summed E-state index contributed by atoms with van der Waals surface area (Å²) >= 11 is 0. The monoisotopic (exact) mass is 372 g/mol. The molecule has 0 unspecified atom stereocenters. The van der Waals surface area contributed by atoms with Crippen LogP contribution in [0.1, 0.15) is 24.1 Å². The van der Waals surface area contributed by atoms with E-state index < -0.39 is 0 Å². The van der Waals surface area contributed by atoms with Crippen molar-refractivity contribution in [1.29, 1.82) is 0 Å². The molecule has 1 aliphatic heterocycles. The van der Waals surface area contributed by atoms with Crippen molar-refractivity contribution in [3.8, 4) is 11.4 Å². The van der Waals surface area contributed by atoms with Crippen LogP contribution in [-0.4, -0.2) is 38.4 Å². The predicted octanol–water partition coefficient (Wildman–Crippen LogP) is 3.44. The Labute approximate surface area is 165 Å². The number of benzene rings is 1. The molecule has 1 aromatic carbocycles. The zero-order chi connectivity index (χ0) is 19.1. The first-order valence-corrected chi connectivity index (χ1v) is 9.95. The van der Waals surface area contributed by atoms with Crippen molar-refractivity contribution in [2.45, 2.75) is 31.7 Å². The molecule has 142 valence electrons. The van der Waals surface area contributed by atoms with Crippen LogP contribution in [0.3, 0.4) is 0 Å². The number of hydrogen-bond donors (Lipinski definition) is 0. The molecule has 1 aliphatic carbocycles. The topological polar surface area (TPSA) is 51.0 Å². The molecule has 2 fully saturated rings. The average Bonchev–Trinajstić information content (AvgIpc) is 3.44. The fourth-order valence-electron chi connectivity index (χ4n) is 4.34. The number of carbonyl (C=O) groups excluding carboxylic acids is 1. The van der Waals surface area contributed by atoms with E-state index in [1.807, 2.05) is 41.4 Å². The lowest BCUT2D eigenvalue weighted by Crippen LogP contribution is -2.54. The van der Waals surface area contributed by atoms with Gasteiger partial charge in [-0.3, -0.25) is 9.78 Å². The van der Waals surface area contributed by atoms with Gasteiger partial charge in [-0.15, -0.1) is 0 Å². The average molecular weight is 372 g/mol. The summed E-state index contributed by atoms with van der Waals surface area (Å²) in [6.07, 6.45) is 7.47. The van der Waals surface area contributed by atoms with Gasteiger partial charge in [0.05, 0.1) is 5.41 Å². The minimum Gasteiger partial charge on any atom is -0.341 e. The Hall–Kier alpha value is -2.95. The Kier molecular flexibility index (Phi) is 4.04. The number of rotatable bonds is 5. The molecule has 1 amide bonds. The van der Waals surface area contributed by atoms with Crippen molar-refractivity contribution in [2.24, 2.45) is 5.92 Å². The fourth-order valence-corrected chi connectivity index (χ4v) is 4.34. The van der Waals surface area contributed by atoms with Crippen LogP contribution in [0.2, 0.25) is 0 Å². The molecule has 0 N–H and O–H groups in total. The first-order chi connectivity index (χ1) is 13.7. The molecule has 1 saturated carbocycles. The summed E-state index contributed by atoms with van der Waals surface area (Å²) in [5.74, 6) is 1.77. The highest BCUT2D eigenvalue weighted by Gasteiger charge is 2.54. The third kappa shape index (κ3) is 2.82. The number of amides is 1. The Morgan fingerprint density at radius 3 is 2.50 bits per heavy atom. The second kappa shape index (κ2) is 6.59. The molecule has 0 radical (unpaired) electrons. The summed E-state index contributed by atoms with van der Waals surface area (Å²) in [6, 6.07) is 14.2. The summed E-state index contributed by atoms with van der Waals surface area (Å²) in [7, 11) is 0. The van der Waals surface area contributed by atoms with Crippen molar-refractivity contribution >= 4 is 5.91 Å².